The minimum atomic E-state index is -4.38. The van der Waals surface area contributed by atoms with Crippen LogP contribution in [0, 0.1) is 0 Å². The van der Waals surface area contributed by atoms with E-state index in [1.165, 1.54) is 12.1 Å². The molecule has 0 amide bonds. The van der Waals surface area contributed by atoms with Crippen LogP contribution in [0.1, 0.15) is 47.2 Å². The maximum absolute atomic E-state index is 13.2. The Morgan fingerprint density at radius 3 is 1.91 bits per heavy atom. The van der Waals surface area contributed by atoms with Crippen molar-refractivity contribution < 1.29 is 32.8 Å². The average molecular weight is 488 g/mol. The molecule has 0 saturated heterocycles. The van der Waals surface area contributed by atoms with Crippen molar-refractivity contribution in [3.05, 3.63) is 69.6 Å². The summed E-state index contributed by atoms with van der Waals surface area (Å²) in [4.78, 5) is 35.7. The van der Waals surface area contributed by atoms with Gasteiger partial charge in [-0.3, -0.25) is 14.4 Å². The van der Waals surface area contributed by atoms with Crippen LogP contribution >= 0.6 is 0 Å². The number of azo groups is 1. The fourth-order valence-electron chi connectivity index (χ4n) is 3.01. The molecule has 0 spiro atoms. The van der Waals surface area contributed by atoms with Crippen molar-refractivity contribution in [3.63, 3.8) is 0 Å². The zero-order valence-corrected chi connectivity index (χ0v) is 19.0. The van der Waals surface area contributed by atoms with Gasteiger partial charge in [-0.05, 0) is 42.5 Å². The molecular formula is C21H20N4O8S. The highest BCUT2D eigenvalue weighted by Crippen LogP contribution is 2.30. The van der Waals surface area contributed by atoms with Gasteiger partial charge in [-0.25, -0.2) is 14.3 Å². The maximum atomic E-state index is 13.2. The van der Waals surface area contributed by atoms with Crippen LogP contribution in [-0.2, 0) is 15.5 Å². The number of benzene rings is 2. The van der Waals surface area contributed by atoms with Gasteiger partial charge in [0.25, 0.3) is 15.7 Å². The lowest BCUT2D eigenvalue weighted by molar-refractivity contribution is 0.0696. The molecule has 0 aliphatic carbocycles. The summed E-state index contributed by atoms with van der Waals surface area (Å²) in [5.41, 5.74) is -1.59. The quantitative estimate of drug-likeness (QED) is 0.299. The fraction of sp³-hybridized carbons (Fsp3) is 0.190. The molecule has 34 heavy (non-hydrogen) atoms. The van der Waals surface area contributed by atoms with E-state index >= 15 is 0 Å². The standard InChI is InChI=1S/C21H20N4O8S/c1-21(2,3)17-16(23-22-13-4-6-15(7-5-13)34(31,32)33)18(26)25(24-17)14-9-11(19(27)28)8-12(10-14)20(29)30/h4-10,24H,1-3H3,(H,27,28)(H,29,30)(H,31,32,33). The highest BCUT2D eigenvalue weighted by atomic mass is 32.2. The number of aromatic carboxylic acids is 2. The minimum absolute atomic E-state index is 0.0215. The summed E-state index contributed by atoms with van der Waals surface area (Å²) in [6.45, 7) is 5.37. The Hall–Kier alpha value is -4.10. The summed E-state index contributed by atoms with van der Waals surface area (Å²) < 4.78 is 32.4. The van der Waals surface area contributed by atoms with E-state index in [9.17, 15) is 33.0 Å². The molecule has 1 heterocycles. The topological polar surface area (TPSA) is 191 Å². The van der Waals surface area contributed by atoms with E-state index in [-0.39, 0.29) is 33.1 Å². The summed E-state index contributed by atoms with van der Waals surface area (Å²) in [5.74, 6) is -2.73. The summed E-state index contributed by atoms with van der Waals surface area (Å²) in [7, 11) is -4.38. The number of nitrogens with one attached hydrogen (secondary N) is 1. The highest BCUT2D eigenvalue weighted by Gasteiger charge is 2.26. The number of carboxylic acid groups (broad SMARTS) is 2. The Morgan fingerprint density at radius 1 is 0.941 bits per heavy atom. The van der Waals surface area contributed by atoms with Crippen LogP contribution in [0.15, 0.2) is 62.4 Å². The SMILES string of the molecule is CC(C)(C)c1[nH]n(-c2cc(C(=O)O)cc(C(=O)O)c2)c(=O)c1N=Nc1ccc(S(=O)(=O)O)cc1. The molecule has 0 unspecified atom stereocenters. The molecule has 12 nitrogen and oxygen atoms in total. The van der Waals surface area contributed by atoms with Crippen LogP contribution in [0.4, 0.5) is 11.4 Å². The Labute approximate surface area is 192 Å². The first-order valence-corrected chi connectivity index (χ1v) is 11.1. The molecule has 3 rings (SSSR count). The number of carboxylic acids is 2. The first-order chi connectivity index (χ1) is 15.7. The van der Waals surface area contributed by atoms with Gasteiger partial charge in [-0.2, -0.15) is 13.5 Å². The second-order valence-electron chi connectivity index (χ2n) is 8.27. The molecule has 0 fully saturated rings. The molecule has 0 aliphatic rings. The van der Waals surface area contributed by atoms with Crippen molar-refractivity contribution in [2.75, 3.05) is 0 Å². The van der Waals surface area contributed by atoms with Crippen LogP contribution in [0.2, 0.25) is 0 Å². The number of H-pyrrole nitrogens is 1. The number of nitrogens with zero attached hydrogens (tertiary/aromatic N) is 3. The van der Waals surface area contributed by atoms with Crippen molar-refractivity contribution in [1.29, 1.82) is 0 Å². The van der Waals surface area contributed by atoms with E-state index in [2.05, 4.69) is 15.3 Å². The van der Waals surface area contributed by atoms with Gasteiger partial charge >= 0.3 is 11.9 Å². The second kappa shape index (κ2) is 8.68. The highest BCUT2D eigenvalue weighted by molar-refractivity contribution is 7.85. The van der Waals surface area contributed by atoms with Gasteiger partial charge in [0.15, 0.2) is 5.69 Å². The van der Waals surface area contributed by atoms with Gasteiger partial charge in [-0.15, -0.1) is 5.11 Å². The third-order valence-corrected chi connectivity index (χ3v) is 5.55. The molecule has 0 bridgehead atoms. The van der Waals surface area contributed by atoms with Crippen molar-refractivity contribution in [3.8, 4) is 5.69 Å². The van der Waals surface area contributed by atoms with Crippen molar-refractivity contribution in [1.82, 2.24) is 9.78 Å². The summed E-state index contributed by atoms with van der Waals surface area (Å²) in [6.07, 6.45) is 0. The van der Waals surface area contributed by atoms with Crippen molar-refractivity contribution in [2.45, 2.75) is 31.1 Å². The van der Waals surface area contributed by atoms with E-state index in [4.69, 9.17) is 4.55 Å². The average Bonchev–Trinajstić information content (AvgIpc) is 3.08. The van der Waals surface area contributed by atoms with Gasteiger partial charge in [0, 0.05) is 5.41 Å². The Balaban J connectivity index is 2.15. The number of hydrogen-bond donors (Lipinski definition) is 4. The van der Waals surface area contributed by atoms with Crippen molar-refractivity contribution in [2.24, 2.45) is 10.2 Å². The van der Waals surface area contributed by atoms with Crippen LogP contribution in [0.3, 0.4) is 0 Å². The molecule has 178 valence electrons. The molecule has 1 aromatic heterocycles. The predicted molar refractivity (Wildman–Crippen MR) is 119 cm³/mol. The Bertz CT molecular complexity index is 1440. The normalized spacial score (nSPS) is 12.2. The molecular weight excluding hydrogens is 468 g/mol. The van der Waals surface area contributed by atoms with E-state index in [0.29, 0.717) is 5.69 Å². The number of hydrogen-bond acceptors (Lipinski definition) is 7. The van der Waals surface area contributed by atoms with E-state index in [1.54, 1.807) is 20.8 Å². The van der Waals surface area contributed by atoms with Crippen molar-refractivity contribution >= 4 is 33.4 Å². The number of rotatable bonds is 6. The zero-order valence-electron chi connectivity index (χ0n) is 18.2. The summed E-state index contributed by atoms with van der Waals surface area (Å²) >= 11 is 0. The minimum Gasteiger partial charge on any atom is -0.478 e. The third kappa shape index (κ3) is 5.10. The van der Waals surface area contributed by atoms with E-state index in [1.807, 2.05) is 0 Å². The smallest absolute Gasteiger partial charge is 0.335 e. The van der Waals surface area contributed by atoms with Gasteiger partial charge in [0.1, 0.15) is 0 Å². The molecule has 4 N–H and O–H groups in total. The largest absolute Gasteiger partial charge is 0.478 e. The maximum Gasteiger partial charge on any atom is 0.335 e. The van der Waals surface area contributed by atoms with Crippen LogP contribution < -0.4 is 5.56 Å². The first kappa shape index (κ1) is 24.5. The lowest BCUT2D eigenvalue weighted by atomic mass is 9.91. The lowest BCUT2D eigenvalue weighted by Gasteiger charge is -2.16. The fourth-order valence-corrected chi connectivity index (χ4v) is 3.49. The van der Waals surface area contributed by atoms with E-state index < -0.39 is 33.0 Å². The molecule has 3 aromatic rings. The van der Waals surface area contributed by atoms with Gasteiger partial charge < -0.3 is 10.2 Å². The molecule has 13 heteroatoms. The first-order valence-electron chi connectivity index (χ1n) is 9.65. The molecule has 0 aliphatic heterocycles. The van der Waals surface area contributed by atoms with Gasteiger partial charge in [0.2, 0.25) is 0 Å². The number of carbonyl (C=O) groups is 2. The molecule has 0 atom stereocenters. The summed E-state index contributed by atoms with van der Waals surface area (Å²) in [5, 5.41) is 29.5. The monoisotopic (exact) mass is 488 g/mol. The summed E-state index contributed by atoms with van der Waals surface area (Å²) in [6, 6.07) is 8.07. The number of aromatic nitrogens is 2. The van der Waals surface area contributed by atoms with E-state index in [0.717, 1.165) is 35.0 Å². The van der Waals surface area contributed by atoms with Gasteiger partial charge in [0.05, 0.1) is 33.1 Å². The van der Waals surface area contributed by atoms with Crippen LogP contribution in [-0.4, -0.2) is 44.9 Å². The lowest BCUT2D eigenvalue weighted by Crippen LogP contribution is -2.16. The molecule has 0 saturated carbocycles. The molecule has 0 radical (unpaired) electrons. The Kier molecular flexibility index (Phi) is 6.27. The Morgan fingerprint density at radius 2 is 1.47 bits per heavy atom. The van der Waals surface area contributed by atoms with Crippen LogP contribution in [0.5, 0.6) is 0 Å². The number of aromatic amines is 1. The zero-order chi connectivity index (χ0) is 25.4. The van der Waals surface area contributed by atoms with Gasteiger partial charge in [-0.1, -0.05) is 20.8 Å². The predicted octanol–water partition coefficient (Wildman–Crippen LogP) is 3.52. The third-order valence-electron chi connectivity index (χ3n) is 4.69. The van der Waals surface area contributed by atoms with Crippen LogP contribution in [0.25, 0.3) is 5.69 Å². The molecule has 2 aromatic carbocycles. The second-order valence-corrected chi connectivity index (χ2v) is 9.70.